The van der Waals surface area contributed by atoms with Gasteiger partial charge in [0.25, 0.3) is 0 Å². The zero-order valence-corrected chi connectivity index (χ0v) is 9.50. The van der Waals surface area contributed by atoms with E-state index in [4.69, 9.17) is 0 Å². The molecule has 0 aromatic carbocycles. The molecule has 0 heterocycles. The van der Waals surface area contributed by atoms with Crippen molar-refractivity contribution in [3.05, 3.63) is 0 Å². The minimum atomic E-state index is -0.811. The largest absolute Gasteiger partial charge is 0.393 e. The molecule has 1 rings (SSSR count). The first-order valence-corrected chi connectivity index (χ1v) is 5.92. The Bertz CT molecular complexity index is 162. The van der Waals surface area contributed by atoms with E-state index in [1.165, 1.54) is 19.3 Å². The summed E-state index contributed by atoms with van der Waals surface area (Å²) in [6.07, 6.45) is 6.62. The van der Waals surface area contributed by atoms with Crippen LogP contribution >= 0.6 is 0 Å². The second-order valence-corrected chi connectivity index (χ2v) is 5.19. The summed E-state index contributed by atoms with van der Waals surface area (Å²) in [6.45, 7) is 4.13. The fraction of sp³-hybridized carbons (Fsp3) is 1.00. The summed E-state index contributed by atoms with van der Waals surface area (Å²) >= 11 is 0. The molecule has 0 bridgehead atoms. The Hall–Kier alpha value is -0.0800. The van der Waals surface area contributed by atoms with Crippen LogP contribution in [0.1, 0.15) is 52.4 Å². The van der Waals surface area contributed by atoms with Gasteiger partial charge in [-0.3, -0.25) is 0 Å². The molecule has 1 unspecified atom stereocenters. The fourth-order valence-electron chi connectivity index (χ4n) is 2.71. The monoisotopic (exact) mass is 200 g/mol. The topological polar surface area (TPSA) is 40.5 Å². The lowest BCUT2D eigenvalue weighted by Gasteiger charge is -2.38. The lowest BCUT2D eigenvalue weighted by molar-refractivity contribution is -0.0857. The van der Waals surface area contributed by atoms with E-state index in [2.05, 4.69) is 13.8 Å². The molecule has 14 heavy (non-hydrogen) atoms. The fourth-order valence-corrected chi connectivity index (χ4v) is 2.71. The van der Waals surface area contributed by atoms with Gasteiger partial charge in [0.2, 0.25) is 0 Å². The maximum Gasteiger partial charge on any atom is 0.0907 e. The second-order valence-electron chi connectivity index (χ2n) is 5.19. The van der Waals surface area contributed by atoms with Crippen molar-refractivity contribution in [2.75, 3.05) is 6.61 Å². The van der Waals surface area contributed by atoms with Crippen molar-refractivity contribution in [3.8, 4) is 0 Å². The SMILES string of the molecule is CC(C)CC(O)(CO)C1CCCCC1. The molecular weight excluding hydrogens is 176 g/mol. The lowest BCUT2D eigenvalue weighted by atomic mass is 9.74. The van der Waals surface area contributed by atoms with Gasteiger partial charge in [0.15, 0.2) is 0 Å². The van der Waals surface area contributed by atoms with Gasteiger partial charge in [-0.1, -0.05) is 33.1 Å². The number of rotatable bonds is 4. The highest BCUT2D eigenvalue weighted by Gasteiger charge is 2.36. The van der Waals surface area contributed by atoms with Gasteiger partial charge in [-0.25, -0.2) is 0 Å². The Balaban J connectivity index is 2.56. The van der Waals surface area contributed by atoms with Gasteiger partial charge in [-0.15, -0.1) is 0 Å². The highest BCUT2D eigenvalue weighted by molar-refractivity contribution is 4.88. The molecular formula is C12H24O2. The van der Waals surface area contributed by atoms with Crippen molar-refractivity contribution in [2.45, 2.75) is 58.0 Å². The zero-order chi connectivity index (χ0) is 10.6. The molecule has 0 amide bonds. The Labute approximate surface area is 87.3 Å². The van der Waals surface area contributed by atoms with Crippen LogP contribution in [0.5, 0.6) is 0 Å². The molecule has 2 heteroatoms. The number of hydrogen-bond donors (Lipinski definition) is 2. The van der Waals surface area contributed by atoms with Crippen molar-refractivity contribution in [2.24, 2.45) is 11.8 Å². The maximum absolute atomic E-state index is 10.4. The highest BCUT2D eigenvalue weighted by Crippen LogP contribution is 2.36. The van der Waals surface area contributed by atoms with Crippen molar-refractivity contribution in [1.82, 2.24) is 0 Å². The van der Waals surface area contributed by atoms with E-state index in [-0.39, 0.29) is 6.61 Å². The first-order chi connectivity index (χ1) is 6.58. The van der Waals surface area contributed by atoms with Gasteiger partial charge < -0.3 is 10.2 Å². The van der Waals surface area contributed by atoms with Gasteiger partial charge in [0.05, 0.1) is 12.2 Å². The third-order valence-corrected chi connectivity index (χ3v) is 3.40. The van der Waals surface area contributed by atoms with Crippen molar-refractivity contribution < 1.29 is 10.2 Å². The van der Waals surface area contributed by atoms with Crippen LogP contribution in [0.3, 0.4) is 0 Å². The van der Waals surface area contributed by atoms with Crippen molar-refractivity contribution >= 4 is 0 Å². The molecule has 1 saturated carbocycles. The van der Waals surface area contributed by atoms with E-state index in [9.17, 15) is 10.2 Å². The molecule has 1 aliphatic carbocycles. The van der Waals surface area contributed by atoms with Crippen molar-refractivity contribution in [3.63, 3.8) is 0 Å². The smallest absolute Gasteiger partial charge is 0.0907 e. The van der Waals surface area contributed by atoms with Crippen LogP contribution in [0, 0.1) is 11.8 Å². The predicted octanol–water partition coefficient (Wildman–Crippen LogP) is 2.34. The van der Waals surface area contributed by atoms with E-state index >= 15 is 0 Å². The summed E-state index contributed by atoms with van der Waals surface area (Å²) in [5.41, 5.74) is -0.811. The van der Waals surface area contributed by atoms with E-state index in [0.29, 0.717) is 11.8 Å². The Morgan fingerprint density at radius 1 is 1.21 bits per heavy atom. The van der Waals surface area contributed by atoms with E-state index < -0.39 is 5.60 Å². The van der Waals surface area contributed by atoms with E-state index in [1.807, 2.05) is 0 Å². The summed E-state index contributed by atoms with van der Waals surface area (Å²) in [4.78, 5) is 0. The molecule has 0 aliphatic heterocycles. The summed E-state index contributed by atoms with van der Waals surface area (Å²) in [6, 6.07) is 0. The van der Waals surface area contributed by atoms with Gasteiger partial charge in [0, 0.05) is 0 Å². The Morgan fingerprint density at radius 2 is 1.79 bits per heavy atom. The molecule has 84 valence electrons. The molecule has 1 aliphatic rings. The molecule has 0 spiro atoms. The highest BCUT2D eigenvalue weighted by atomic mass is 16.3. The number of hydrogen-bond acceptors (Lipinski definition) is 2. The van der Waals surface area contributed by atoms with Crippen LogP contribution in [0.4, 0.5) is 0 Å². The standard InChI is InChI=1S/C12H24O2/c1-10(2)8-12(14,9-13)11-6-4-3-5-7-11/h10-11,13-14H,3-9H2,1-2H3. The van der Waals surface area contributed by atoms with Gasteiger partial charge in [-0.05, 0) is 31.1 Å². The molecule has 2 nitrogen and oxygen atoms in total. The molecule has 2 N–H and O–H groups in total. The molecule has 1 atom stereocenters. The average molecular weight is 200 g/mol. The van der Waals surface area contributed by atoms with Crippen LogP contribution in [-0.4, -0.2) is 22.4 Å². The van der Waals surface area contributed by atoms with Crippen LogP contribution < -0.4 is 0 Å². The second kappa shape index (κ2) is 5.13. The van der Waals surface area contributed by atoms with E-state index in [0.717, 1.165) is 19.3 Å². The average Bonchev–Trinajstić information content (AvgIpc) is 2.18. The molecule has 0 aromatic rings. The van der Waals surface area contributed by atoms with Crippen LogP contribution in [0.15, 0.2) is 0 Å². The lowest BCUT2D eigenvalue weighted by Crippen LogP contribution is -2.43. The molecule has 0 radical (unpaired) electrons. The van der Waals surface area contributed by atoms with Gasteiger partial charge in [-0.2, -0.15) is 0 Å². The Morgan fingerprint density at radius 3 is 2.21 bits per heavy atom. The van der Waals surface area contributed by atoms with Gasteiger partial charge in [0.1, 0.15) is 0 Å². The quantitative estimate of drug-likeness (QED) is 0.731. The first-order valence-electron chi connectivity index (χ1n) is 5.92. The maximum atomic E-state index is 10.4. The van der Waals surface area contributed by atoms with Crippen LogP contribution in [-0.2, 0) is 0 Å². The Kier molecular flexibility index (Phi) is 4.39. The van der Waals surface area contributed by atoms with E-state index in [1.54, 1.807) is 0 Å². The van der Waals surface area contributed by atoms with Crippen molar-refractivity contribution in [1.29, 1.82) is 0 Å². The van der Waals surface area contributed by atoms with Gasteiger partial charge >= 0.3 is 0 Å². The summed E-state index contributed by atoms with van der Waals surface area (Å²) < 4.78 is 0. The normalized spacial score (nSPS) is 23.8. The molecule has 0 aromatic heterocycles. The van der Waals surface area contributed by atoms with Crippen LogP contribution in [0.2, 0.25) is 0 Å². The number of aliphatic hydroxyl groups excluding tert-OH is 1. The molecule has 1 fully saturated rings. The predicted molar refractivity (Wildman–Crippen MR) is 58.1 cm³/mol. The third-order valence-electron chi connectivity index (χ3n) is 3.40. The molecule has 0 saturated heterocycles. The third kappa shape index (κ3) is 2.96. The zero-order valence-electron chi connectivity index (χ0n) is 9.50. The summed E-state index contributed by atoms with van der Waals surface area (Å²) in [5.74, 6) is 0.776. The minimum absolute atomic E-state index is 0.0736. The minimum Gasteiger partial charge on any atom is -0.393 e. The summed E-state index contributed by atoms with van der Waals surface area (Å²) in [7, 11) is 0. The number of aliphatic hydroxyl groups is 2. The van der Waals surface area contributed by atoms with Crippen LogP contribution in [0.25, 0.3) is 0 Å². The first kappa shape index (κ1) is 12.0. The summed E-state index contributed by atoms with van der Waals surface area (Å²) in [5, 5.41) is 19.7.